The standard InChI is InChI=1S/C77H138O6/c1-4-7-10-13-16-19-22-25-28-30-32-33-34-35-36-37-38-39-40-41-42-43-45-46-49-52-55-58-61-64-67-70-76(79)82-73-74(72-81-75(78)69-66-63-60-57-54-51-48-27-24-21-18-15-12-9-6-3)83-77(80)71-68-65-62-59-56-53-50-47-44-31-29-26-23-20-17-14-11-8-5-2/h9,12,18,21-22,25,27,30,32,48,54,57,74H,4-8,10-11,13-17,19-20,23-24,26,28-29,31,33-47,49-53,55-56,58-73H2,1-3H3/b12-9-,21-18-,25-22-,32-30-,48-27-,57-54-. The summed E-state index contributed by atoms with van der Waals surface area (Å²) in [4.78, 5) is 38.4. The minimum absolute atomic E-state index is 0.0836. The van der Waals surface area contributed by atoms with Crippen LogP contribution >= 0.6 is 0 Å². The van der Waals surface area contributed by atoms with Crippen LogP contribution in [0.5, 0.6) is 0 Å². The highest BCUT2D eigenvalue weighted by molar-refractivity contribution is 5.71. The van der Waals surface area contributed by atoms with E-state index in [0.29, 0.717) is 19.3 Å². The summed E-state index contributed by atoms with van der Waals surface area (Å²) in [6.45, 7) is 6.54. The molecule has 0 bridgehead atoms. The zero-order valence-electron chi connectivity index (χ0n) is 55.5. The van der Waals surface area contributed by atoms with Crippen LogP contribution in [-0.2, 0) is 28.6 Å². The average Bonchev–Trinajstić information content (AvgIpc) is 3.50. The lowest BCUT2D eigenvalue weighted by molar-refractivity contribution is -0.167. The quantitative estimate of drug-likeness (QED) is 0.0261. The normalized spacial score (nSPS) is 12.5. The Bertz CT molecular complexity index is 1520. The van der Waals surface area contributed by atoms with Gasteiger partial charge in [-0.05, 0) is 89.9 Å². The number of esters is 3. The number of rotatable bonds is 67. The fourth-order valence-electron chi connectivity index (χ4n) is 10.8. The van der Waals surface area contributed by atoms with E-state index in [4.69, 9.17) is 14.2 Å². The van der Waals surface area contributed by atoms with Crippen LogP contribution in [0.3, 0.4) is 0 Å². The van der Waals surface area contributed by atoms with Crippen molar-refractivity contribution in [3.63, 3.8) is 0 Å². The van der Waals surface area contributed by atoms with Gasteiger partial charge in [-0.3, -0.25) is 14.4 Å². The number of carbonyl (C=O) groups excluding carboxylic acids is 3. The number of hydrogen-bond donors (Lipinski definition) is 0. The van der Waals surface area contributed by atoms with Crippen molar-refractivity contribution in [2.45, 2.75) is 386 Å². The Balaban J connectivity index is 4.22. The average molecular weight is 1160 g/mol. The lowest BCUT2D eigenvalue weighted by atomic mass is 10.0. The maximum atomic E-state index is 13.0. The third kappa shape index (κ3) is 69.5. The first-order valence-electron chi connectivity index (χ1n) is 36.4. The van der Waals surface area contributed by atoms with Gasteiger partial charge in [0, 0.05) is 19.3 Å². The van der Waals surface area contributed by atoms with Crippen molar-refractivity contribution in [3.05, 3.63) is 72.9 Å². The van der Waals surface area contributed by atoms with E-state index in [-0.39, 0.29) is 31.1 Å². The molecular formula is C77H138O6. The Morgan fingerprint density at radius 2 is 0.470 bits per heavy atom. The Kier molecular flexibility index (Phi) is 68.6. The van der Waals surface area contributed by atoms with Crippen LogP contribution in [0.4, 0.5) is 0 Å². The molecule has 6 nitrogen and oxygen atoms in total. The molecule has 0 aliphatic rings. The third-order valence-electron chi connectivity index (χ3n) is 16.2. The summed E-state index contributed by atoms with van der Waals surface area (Å²) in [5, 5.41) is 0. The lowest BCUT2D eigenvalue weighted by Crippen LogP contribution is -2.30. The van der Waals surface area contributed by atoms with Gasteiger partial charge in [0.2, 0.25) is 0 Å². The van der Waals surface area contributed by atoms with Crippen LogP contribution in [0.25, 0.3) is 0 Å². The SMILES string of the molecule is CC/C=C\C/C=C\C/C=C\C/C=C\CCCCC(=O)OCC(COC(=O)CCCCCCCCCCCCCCCCCCCCC/C=C\C/C=C\CCCCCCC)OC(=O)CCCCCCCCCCCCCCCCCCCCC. The van der Waals surface area contributed by atoms with Crippen molar-refractivity contribution >= 4 is 17.9 Å². The number of ether oxygens (including phenoxy) is 3. The molecule has 83 heavy (non-hydrogen) atoms. The molecule has 0 aromatic rings. The van der Waals surface area contributed by atoms with E-state index in [1.165, 1.54) is 250 Å². The fourth-order valence-corrected chi connectivity index (χ4v) is 10.8. The molecule has 0 aromatic carbocycles. The Morgan fingerprint density at radius 3 is 0.759 bits per heavy atom. The molecule has 1 unspecified atom stereocenters. The molecule has 482 valence electrons. The summed E-state index contributed by atoms with van der Waals surface area (Å²) in [6.07, 6.45) is 93.8. The van der Waals surface area contributed by atoms with Crippen molar-refractivity contribution < 1.29 is 28.6 Å². The predicted molar refractivity (Wildman–Crippen MR) is 362 cm³/mol. The van der Waals surface area contributed by atoms with Gasteiger partial charge >= 0.3 is 17.9 Å². The van der Waals surface area contributed by atoms with Crippen molar-refractivity contribution in [1.82, 2.24) is 0 Å². The first-order chi connectivity index (χ1) is 41.0. The minimum Gasteiger partial charge on any atom is -0.462 e. The maximum Gasteiger partial charge on any atom is 0.306 e. The Labute approximate surface area is 516 Å². The van der Waals surface area contributed by atoms with Gasteiger partial charge in [0.25, 0.3) is 0 Å². The molecule has 0 aliphatic heterocycles. The molecule has 0 radical (unpaired) electrons. The topological polar surface area (TPSA) is 78.9 Å². The molecule has 0 saturated carbocycles. The molecule has 0 amide bonds. The molecule has 0 aromatic heterocycles. The van der Waals surface area contributed by atoms with Crippen LogP contribution in [0.15, 0.2) is 72.9 Å². The number of allylic oxidation sites excluding steroid dienone is 12. The molecule has 0 fully saturated rings. The van der Waals surface area contributed by atoms with Crippen LogP contribution in [0.2, 0.25) is 0 Å². The highest BCUT2D eigenvalue weighted by atomic mass is 16.6. The van der Waals surface area contributed by atoms with E-state index in [1.807, 2.05) is 0 Å². The number of carbonyl (C=O) groups is 3. The summed E-state index contributed by atoms with van der Waals surface area (Å²) < 4.78 is 17.0. The first kappa shape index (κ1) is 79.8. The number of hydrogen-bond acceptors (Lipinski definition) is 6. The molecule has 0 spiro atoms. The summed E-state index contributed by atoms with van der Waals surface area (Å²) in [5.41, 5.74) is 0. The summed E-state index contributed by atoms with van der Waals surface area (Å²) in [6, 6.07) is 0. The van der Waals surface area contributed by atoms with Crippen molar-refractivity contribution in [3.8, 4) is 0 Å². The molecule has 6 heteroatoms. The van der Waals surface area contributed by atoms with E-state index in [2.05, 4.69) is 93.7 Å². The smallest absolute Gasteiger partial charge is 0.306 e. The van der Waals surface area contributed by atoms with Crippen molar-refractivity contribution in [2.24, 2.45) is 0 Å². The van der Waals surface area contributed by atoms with E-state index in [9.17, 15) is 14.4 Å². The van der Waals surface area contributed by atoms with Crippen LogP contribution < -0.4 is 0 Å². The molecule has 0 saturated heterocycles. The van der Waals surface area contributed by atoms with Gasteiger partial charge in [-0.2, -0.15) is 0 Å². The van der Waals surface area contributed by atoms with Gasteiger partial charge in [-0.25, -0.2) is 0 Å². The van der Waals surface area contributed by atoms with E-state index in [1.54, 1.807) is 0 Å². The monoisotopic (exact) mass is 1160 g/mol. The van der Waals surface area contributed by atoms with Crippen molar-refractivity contribution in [2.75, 3.05) is 13.2 Å². The van der Waals surface area contributed by atoms with E-state index in [0.717, 1.165) is 89.9 Å². The molecular weight excluding hydrogens is 1020 g/mol. The summed E-state index contributed by atoms with van der Waals surface area (Å²) >= 11 is 0. The summed E-state index contributed by atoms with van der Waals surface area (Å²) in [5.74, 6) is -0.903. The second-order valence-electron chi connectivity index (χ2n) is 24.5. The van der Waals surface area contributed by atoms with E-state index < -0.39 is 6.10 Å². The Hall–Kier alpha value is -3.15. The van der Waals surface area contributed by atoms with Gasteiger partial charge in [0.15, 0.2) is 6.10 Å². The van der Waals surface area contributed by atoms with Gasteiger partial charge in [0.1, 0.15) is 13.2 Å². The molecule has 1 atom stereocenters. The summed E-state index contributed by atoms with van der Waals surface area (Å²) in [7, 11) is 0. The predicted octanol–water partition coefficient (Wildman–Crippen LogP) is 25.2. The highest BCUT2D eigenvalue weighted by Gasteiger charge is 2.19. The third-order valence-corrected chi connectivity index (χ3v) is 16.2. The molecule has 0 N–H and O–H groups in total. The molecule has 0 rings (SSSR count). The van der Waals surface area contributed by atoms with Crippen LogP contribution in [0.1, 0.15) is 380 Å². The lowest BCUT2D eigenvalue weighted by Gasteiger charge is -2.18. The second-order valence-corrected chi connectivity index (χ2v) is 24.5. The first-order valence-corrected chi connectivity index (χ1v) is 36.4. The van der Waals surface area contributed by atoms with Crippen LogP contribution in [0, 0.1) is 0 Å². The van der Waals surface area contributed by atoms with Crippen molar-refractivity contribution in [1.29, 1.82) is 0 Å². The zero-order chi connectivity index (χ0) is 59.9. The van der Waals surface area contributed by atoms with Crippen LogP contribution in [-0.4, -0.2) is 37.2 Å². The number of unbranched alkanes of at least 4 members (excludes halogenated alkanes) is 44. The highest BCUT2D eigenvalue weighted by Crippen LogP contribution is 2.18. The minimum atomic E-state index is -0.791. The van der Waals surface area contributed by atoms with Gasteiger partial charge < -0.3 is 14.2 Å². The van der Waals surface area contributed by atoms with E-state index >= 15 is 0 Å². The molecule has 0 aliphatic carbocycles. The zero-order valence-corrected chi connectivity index (χ0v) is 55.5. The second kappa shape index (κ2) is 71.3. The largest absolute Gasteiger partial charge is 0.462 e. The van der Waals surface area contributed by atoms with Gasteiger partial charge in [-0.1, -0.05) is 344 Å². The fraction of sp³-hybridized carbons (Fsp3) is 0.805. The van der Waals surface area contributed by atoms with Gasteiger partial charge in [-0.15, -0.1) is 0 Å². The Morgan fingerprint density at radius 1 is 0.253 bits per heavy atom. The molecule has 0 heterocycles. The van der Waals surface area contributed by atoms with Gasteiger partial charge in [0.05, 0.1) is 0 Å². The maximum absolute atomic E-state index is 13.0.